The van der Waals surface area contributed by atoms with E-state index in [0.717, 1.165) is 29.8 Å². The molecular formula is C23H23N5O2. The Hall–Kier alpha value is -3.48. The van der Waals surface area contributed by atoms with Crippen molar-refractivity contribution >= 4 is 17.0 Å². The first-order chi connectivity index (χ1) is 14.5. The zero-order chi connectivity index (χ0) is 20.8. The summed E-state index contributed by atoms with van der Waals surface area (Å²) < 4.78 is 7.27. The second-order valence-corrected chi connectivity index (χ2v) is 7.82. The van der Waals surface area contributed by atoms with Gasteiger partial charge in [0.2, 0.25) is 0 Å². The van der Waals surface area contributed by atoms with Gasteiger partial charge in [-0.05, 0) is 26.3 Å². The van der Waals surface area contributed by atoms with E-state index >= 15 is 0 Å². The molecule has 7 heteroatoms. The summed E-state index contributed by atoms with van der Waals surface area (Å²) in [6.07, 6.45) is 1.54. The average molecular weight is 401 g/mol. The normalized spacial score (nSPS) is 14.0. The fourth-order valence-electron chi connectivity index (χ4n) is 4.37. The van der Waals surface area contributed by atoms with Crippen molar-refractivity contribution in [2.45, 2.75) is 26.7 Å². The van der Waals surface area contributed by atoms with E-state index in [4.69, 9.17) is 9.62 Å². The molecule has 7 nitrogen and oxygen atoms in total. The van der Waals surface area contributed by atoms with Gasteiger partial charge >= 0.3 is 0 Å². The third-order valence-corrected chi connectivity index (χ3v) is 5.84. The number of nitrogens with zero attached hydrogens (tertiary/aromatic N) is 5. The highest BCUT2D eigenvalue weighted by atomic mass is 16.5. The number of aryl methyl sites for hydroxylation is 3. The summed E-state index contributed by atoms with van der Waals surface area (Å²) in [5, 5.41) is 9.49. The molecule has 0 aliphatic carbocycles. The standard InChI is InChI=1S/C23H23N5O2/c1-14-13-18(20-15(2)26-30-22(20)24-14)23(29)28-11-9-17-19(10-12-28)27(3)25-21(17)16-7-5-4-6-8-16/h4-8,13H,9-12H2,1-3H3. The summed E-state index contributed by atoms with van der Waals surface area (Å²) in [6.45, 7) is 5.00. The maximum absolute atomic E-state index is 13.5. The van der Waals surface area contributed by atoms with Crippen LogP contribution in [0.1, 0.15) is 33.0 Å². The van der Waals surface area contributed by atoms with Crippen LogP contribution in [-0.4, -0.2) is 43.8 Å². The van der Waals surface area contributed by atoms with Crippen LogP contribution in [0.5, 0.6) is 0 Å². The molecule has 0 fully saturated rings. The number of amides is 1. The molecule has 3 aromatic heterocycles. The van der Waals surface area contributed by atoms with Crippen molar-refractivity contribution in [1.29, 1.82) is 0 Å². The molecule has 0 bridgehead atoms. The van der Waals surface area contributed by atoms with Crippen molar-refractivity contribution in [3.05, 3.63) is 64.6 Å². The molecule has 0 spiro atoms. The summed E-state index contributed by atoms with van der Waals surface area (Å²) in [6, 6.07) is 12.1. The van der Waals surface area contributed by atoms with Crippen molar-refractivity contribution in [2.75, 3.05) is 13.1 Å². The molecular weight excluding hydrogens is 378 g/mol. The molecule has 0 N–H and O–H groups in total. The van der Waals surface area contributed by atoms with E-state index in [1.54, 1.807) is 0 Å². The number of hydrogen-bond acceptors (Lipinski definition) is 5. The molecule has 0 radical (unpaired) electrons. The number of hydrogen-bond donors (Lipinski definition) is 0. The van der Waals surface area contributed by atoms with Gasteiger partial charge in [-0.25, -0.2) is 4.98 Å². The van der Waals surface area contributed by atoms with Gasteiger partial charge in [0.05, 0.1) is 22.3 Å². The lowest BCUT2D eigenvalue weighted by Crippen LogP contribution is -2.33. The third kappa shape index (κ3) is 2.98. The average Bonchev–Trinajstić information content (AvgIpc) is 3.17. The molecule has 0 saturated carbocycles. The zero-order valence-electron chi connectivity index (χ0n) is 17.3. The van der Waals surface area contributed by atoms with Gasteiger partial charge < -0.3 is 9.42 Å². The van der Waals surface area contributed by atoms with E-state index in [0.29, 0.717) is 35.4 Å². The summed E-state index contributed by atoms with van der Waals surface area (Å²) in [7, 11) is 1.99. The van der Waals surface area contributed by atoms with Gasteiger partial charge in [-0.1, -0.05) is 35.5 Å². The van der Waals surface area contributed by atoms with Gasteiger partial charge in [-0.2, -0.15) is 5.10 Å². The van der Waals surface area contributed by atoms with Crippen LogP contribution in [0.2, 0.25) is 0 Å². The first kappa shape index (κ1) is 18.5. The highest BCUT2D eigenvalue weighted by Crippen LogP contribution is 2.29. The third-order valence-electron chi connectivity index (χ3n) is 5.84. The maximum atomic E-state index is 13.5. The van der Waals surface area contributed by atoms with Crippen LogP contribution in [-0.2, 0) is 19.9 Å². The zero-order valence-corrected chi connectivity index (χ0v) is 17.3. The molecule has 4 heterocycles. The van der Waals surface area contributed by atoms with E-state index in [-0.39, 0.29) is 5.91 Å². The van der Waals surface area contributed by atoms with E-state index in [1.807, 2.05) is 54.7 Å². The van der Waals surface area contributed by atoms with Crippen molar-refractivity contribution in [1.82, 2.24) is 24.8 Å². The number of fused-ring (bicyclic) bond motifs is 2. The fourth-order valence-corrected chi connectivity index (χ4v) is 4.37. The van der Waals surface area contributed by atoms with Crippen molar-refractivity contribution in [3.8, 4) is 11.3 Å². The van der Waals surface area contributed by atoms with Gasteiger partial charge in [-0.15, -0.1) is 0 Å². The van der Waals surface area contributed by atoms with Gasteiger partial charge in [0.25, 0.3) is 11.6 Å². The summed E-state index contributed by atoms with van der Waals surface area (Å²) in [5.74, 6) is -0.00109. The molecule has 1 aliphatic rings. The number of pyridine rings is 1. The molecule has 0 atom stereocenters. The monoisotopic (exact) mass is 401 g/mol. The molecule has 1 aromatic carbocycles. The molecule has 4 aromatic rings. The minimum Gasteiger partial charge on any atom is -0.338 e. The van der Waals surface area contributed by atoms with E-state index in [9.17, 15) is 4.79 Å². The maximum Gasteiger partial charge on any atom is 0.258 e. The molecule has 30 heavy (non-hydrogen) atoms. The number of carbonyl (C=O) groups is 1. The van der Waals surface area contributed by atoms with Crippen LogP contribution in [0.3, 0.4) is 0 Å². The quantitative estimate of drug-likeness (QED) is 0.514. The Bertz CT molecular complexity index is 1260. The highest BCUT2D eigenvalue weighted by Gasteiger charge is 2.27. The van der Waals surface area contributed by atoms with Crippen LogP contribution < -0.4 is 0 Å². The van der Waals surface area contributed by atoms with Crippen LogP contribution in [0.25, 0.3) is 22.4 Å². The Kier molecular flexibility index (Phi) is 4.38. The minimum absolute atomic E-state index is 0.00109. The van der Waals surface area contributed by atoms with Crippen molar-refractivity contribution in [3.63, 3.8) is 0 Å². The van der Waals surface area contributed by atoms with Crippen molar-refractivity contribution in [2.24, 2.45) is 7.05 Å². The molecule has 1 amide bonds. The van der Waals surface area contributed by atoms with Crippen LogP contribution in [0.4, 0.5) is 0 Å². The van der Waals surface area contributed by atoms with Gasteiger partial charge in [0.1, 0.15) is 0 Å². The predicted molar refractivity (Wildman–Crippen MR) is 113 cm³/mol. The van der Waals surface area contributed by atoms with E-state index in [1.165, 1.54) is 11.3 Å². The Morgan fingerprint density at radius 2 is 1.87 bits per heavy atom. The Labute approximate surface area is 174 Å². The topological polar surface area (TPSA) is 77.0 Å². The summed E-state index contributed by atoms with van der Waals surface area (Å²) >= 11 is 0. The van der Waals surface area contributed by atoms with E-state index < -0.39 is 0 Å². The molecule has 1 aliphatic heterocycles. The number of aromatic nitrogens is 4. The van der Waals surface area contributed by atoms with Crippen LogP contribution in [0, 0.1) is 13.8 Å². The highest BCUT2D eigenvalue weighted by molar-refractivity contribution is 6.06. The first-order valence-electron chi connectivity index (χ1n) is 10.2. The Balaban J connectivity index is 1.48. The van der Waals surface area contributed by atoms with E-state index in [2.05, 4.69) is 22.3 Å². The first-order valence-corrected chi connectivity index (χ1v) is 10.2. The number of rotatable bonds is 2. The van der Waals surface area contributed by atoms with Crippen LogP contribution in [0.15, 0.2) is 40.9 Å². The van der Waals surface area contributed by atoms with Gasteiger partial charge in [0, 0.05) is 49.1 Å². The molecule has 0 saturated heterocycles. The van der Waals surface area contributed by atoms with Crippen molar-refractivity contribution < 1.29 is 9.32 Å². The smallest absolute Gasteiger partial charge is 0.258 e. The van der Waals surface area contributed by atoms with Gasteiger partial charge in [-0.3, -0.25) is 9.48 Å². The Morgan fingerprint density at radius 1 is 1.10 bits per heavy atom. The molecule has 5 rings (SSSR count). The lowest BCUT2D eigenvalue weighted by molar-refractivity contribution is 0.0764. The number of carbonyl (C=O) groups excluding carboxylic acids is 1. The predicted octanol–water partition coefficient (Wildman–Crippen LogP) is 3.48. The fraction of sp³-hybridized carbons (Fsp3) is 0.304. The minimum atomic E-state index is -0.00109. The second-order valence-electron chi connectivity index (χ2n) is 7.82. The lowest BCUT2D eigenvalue weighted by Gasteiger charge is -2.21. The lowest BCUT2D eigenvalue weighted by atomic mass is 10.0. The molecule has 152 valence electrons. The molecule has 0 unspecified atom stereocenters. The summed E-state index contributed by atoms with van der Waals surface area (Å²) in [4.78, 5) is 19.8. The summed E-state index contributed by atoms with van der Waals surface area (Å²) in [5.41, 5.74) is 7.02. The number of benzene rings is 1. The Morgan fingerprint density at radius 3 is 2.67 bits per heavy atom. The second kappa shape index (κ2) is 7.09. The van der Waals surface area contributed by atoms with Gasteiger partial charge in [0.15, 0.2) is 0 Å². The van der Waals surface area contributed by atoms with Crippen LogP contribution >= 0.6 is 0 Å². The SMILES string of the molecule is Cc1cc(C(=O)N2CCc3c(-c4ccccc4)nn(C)c3CC2)c2c(C)noc2n1. The largest absolute Gasteiger partial charge is 0.338 e.